The Morgan fingerprint density at radius 1 is 1.31 bits per heavy atom. The summed E-state index contributed by atoms with van der Waals surface area (Å²) in [5.74, 6) is -0.974. The Balaban J connectivity index is 1.84. The van der Waals surface area contributed by atoms with Crippen LogP contribution >= 0.6 is 0 Å². The minimum atomic E-state index is -4.47. The van der Waals surface area contributed by atoms with Crippen molar-refractivity contribution in [2.75, 3.05) is 0 Å². The van der Waals surface area contributed by atoms with Gasteiger partial charge in [-0.3, -0.25) is 9.78 Å². The highest BCUT2D eigenvalue weighted by molar-refractivity contribution is 5.80. The van der Waals surface area contributed by atoms with Gasteiger partial charge in [-0.05, 0) is 30.7 Å². The van der Waals surface area contributed by atoms with E-state index in [1.54, 1.807) is 0 Å². The Kier molecular flexibility index (Phi) is 5.99. The third-order valence-corrected chi connectivity index (χ3v) is 3.68. The number of carbonyl (C=O) groups excluding carboxylic acids is 1. The van der Waals surface area contributed by atoms with Gasteiger partial charge in [-0.15, -0.1) is 0 Å². The van der Waals surface area contributed by atoms with E-state index in [-0.39, 0.29) is 30.3 Å². The van der Waals surface area contributed by atoms with Gasteiger partial charge in [-0.2, -0.15) is 22.0 Å². The number of halogens is 5. The zero-order chi connectivity index (χ0) is 19.4. The average Bonchev–Trinajstić information content (AvgIpc) is 2.59. The van der Waals surface area contributed by atoms with Gasteiger partial charge in [0, 0.05) is 12.6 Å². The van der Waals surface area contributed by atoms with Crippen LogP contribution in [0.1, 0.15) is 31.0 Å². The third-order valence-electron chi connectivity index (χ3n) is 3.68. The van der Waals surface area contributed by atoms with Crippen LogP contribution in [0, 0.1) is 5.92 Å². The van der Waals surface area contributed by atoms with Crippen LogP contribution in [0.5, 0.6) is 0 Å². The second kappa shape index (κ2) is 7.84. The van der Waals surface area contributed by atoms with E-state index >= 15 is 0 Å². The van der Waals surface area contributed by atoms with E-state index in [0.29, 0.717) is 6.20 Å². The molecule has 4 nitrogen and oxygen atoms in total. The predicted molar refractivity (Wildman–Crippen MR) is 82.7 cm³/mol. The molecule has 1 heterocycles. The maximum Gasteiger partial charge on any atom is 0.417 e. The molecule has 0 spiro atoms. The van der Waals surface area contributed by atoms with Gasteiger partial charge < -0.3 is 10.1 Å². The Bertz CT molecular complexity index is 696. The first-order valence-electron chi connectivity index (χ1n) is 7.86. The number of allylic oxidation sites excluding steroid dienone is 2. The van der Waals surface area contributed by atoms with Crippen LogP contribution in [0.25, 0.3) is 0 Å². The first-order valence-corrected chi connectivity index (χ1v) is 7.86. The number of nitrogens with zero attached hydrogens (tertiary/aromatic N) is 1. The quantitative estimate of drug-likeness (QED) is 0.758. The molecule has 1 aliphatic rings. The summed E-state index contributed by atoms with van der Waals surface area (Å²) in [6, 6.07) is 2.06. The summed E-state index contributed by atoms with van der Waals surface area (Å²) >= 11 is 0. The summed E-state index contributed by atoms with van der Waals surface area (Å²) in [5.41, 5.74) is -0.599. The topological polar surface area (TPSA) is 51.2 Å². The fraction of sp³-hybridized carbons (Fsp3) is 0.412. The van der Waals surface area contributed by atoms with Gasteiger partial charge in [0.1, 0.15) is 5.76 Å². The molecule has 0 bridgehead atoms. The van der Waals surface area contributed by atoms with Crippen LogP contribution in [0.2, 0.25) is 0 Å². The maximum absolute atomic E-state index is 13.2. The summed E-state index contributed by atoms with van der Waals surface area (Å²) in [4.78, 5) is 15.7. The van der Waals surface area contributed by atoms with Crippen LogP contribution in [0.3, 0.4) is 0 Å². The van der Waals surface area contributed by atoms with Crippen molar-refractivity contribution in [3.8, 4) is 0 Å². The van der Waals surface area contributed by atoms with E-state index in [1.165, 1.54) is 31.2 Å². The number of nitrogens with one attached hydrogen (secondary N) is 1. The summed E-state index contributed by atoms with van der Waals surface area (Å²) in [6.07, 6.45) is -3.20. The van der Waals surface area contributed by atoms with Crippen molar-refractivity contribution < 1.29 is 31.5 Å². The Morgan fingerprint density at radius 3 is 2.54 bits per heavy atom. The van der Waals surface area contributed by atoms with Crippen LogP contribution in [0.15, 0.2) is 42.3 Å². The molecule has 2 rings (SSSR count). The molecular formula is C17H17F5N2O2. The molecule has 1 aromatic heterocycles. The summed E-state index contributed by atoms with van der Waals surface area (Å²) < 4.78 is 68.2. The zero-order valence-electron chi connectivity index (χ0n) is 13.8. The molecule has 26 heavy (non-hydrogen) atoms. The molecule has 1 unspecified atom stereocenters. The molecule has 1 N–H and O–H groups in total. The molecule has 0 fully saturated rings. The lowest BCUT2D eigenvalue weighted by molar-refractivity contribution is -0.212. The smallest absolute Gasteiger partial charge is 0.417 e. The Labute approximate surface area is 146 Å². The average molecular weight is 376 g/mol. The van der Waals surface area contributed by atoms with Crippen LogP contribution < -0.4 is 5.32 Å². The highest BCUT2D eigenvalue weighted by Gasteiger charge is 2.31. The largest absolute Gasteiger partial charge is 0.433 e. The molecular weight excluding hydrogens is 359 g/mol. The molecule has 1 amide bonds. The van der Waals surface area contributed by atoms with Crippen molar-refractivity contribution in [3.63, 3.8) is 0 Å². The van der Waals surface area contributed by atoms with Gasteiger partial charge in [-0.25, -0.2) is 0 Å². The normalized spacial score (nSPS) is 17.6. The fourth-order valence-electron chi connectivity index (χ4n) is 2.12. The van der Waals surface area contributed by atoms with E-state index in [2.05, 4.69) is 15.0 Å². The van der Waals surface area contributed by atoms with Crippen molar-refractivity contribution in [2.24, 2.45) is 5.92 Å². The van der Waals surface area contributed by atoms with Crippen molar-refractivity contribution in [2.45, 2.75) is 38.6 Å². The molecule has 1 aliphatic carbocycles. The molecule has 142 valence electrons. The van der Waals surface area contributed by atoms with Crippen LogP contribution in [0.4, 0.5) is 22.0 Å². The fourth-order valence-corrected chi connectivity index (χ4v) is 2.12. The molecule has 0 radical (unpaired) electrons. The molecule has 0 saturated heterocycles. The highest BCUT2D eigenvalue weighted by atomic mass is 19.4. The lowest BCUT2D eigenvalue weighted by atomic mass is 9.99. The zero-order valence-corrected chi connectivity index (χ0v) is 13.8. The van der Waals surface area contributed by atoms with Gasteiger partial charge in [0.25, 0.3) is 0 Å². The number of ether oxygens (including phenoxy) is 1. The number of hydrogen-bond acceptors (Lipinski definition) is 3. The first-order chi connectivity index (χ1) is 12.1. The Morgan fingerprint density at radius 2 is 2.04 bits per heavy atom. The number of amides is 1. The van der Waals surface area contributed by atoms with E-state index in [9.17, 15) is 26.7 Å². The van der Waals surface area contributed by atoms with Crippen LogP contribution in [-0.4, -0.2) is 17.0 Å². The second-order valence-electron chi connectivity index (χ2n) is 5.65. The van der Waals surface area contributed by atoms with E-state index < -0.39 is 30.2 Å². The lowest BCUT2D eigenvalue weighted by Crippen LogP contribution is -2.30. The Hall–Kier alpha value is -2.45. The lowest BCUT2D eigenvalue weighted by Gasteiger charge is -2.20. The number of hydrogen-bond donors (Lipinski definition) is 1. The van der Waals surface area contributed by atoms with Gasteiger partial charge in [0.2, 0.25) is 5.91 Å². The van der Waals surface area contributed by atoms with E-state index in [1.807, 2.05) is 0 Å². The number of pyridine rings is 1. The van der Waals surface area contributed by atoms with Crippen LogP contribution in [-0.2, 0) is 22.3 Å². The number of rotatable bonds is 6. The predicted octanol–water partition coefficient (Wildman–Crippen LogP) is 4.20. The second-order valence-corrected chi connectivity index (χ2v) is 5.65. The number of alkyl halides is 5. The number of carbonyl (C=O) groups is 1. The van der Waals surface area contributed by atoms with E-state index in [0.717, 1.165) is 6.07 Å². The SMILES string of the molecule is CCC(F)(F)OC1=CCC(C(=O)NCc2ccc(C(F)(F)F)cn2)C=C1. The third kappa shape index (κ3) is 5.53. The summed E-state index contributed by atoms with van der Waals surface area (Å²) in [5, 5.41) is 2.55. The molecule has 0 aliphatic heterocycles. The molecule has 1 atom stereocenters. The number of aromatic nitrogens is 1. The van der Waals surface area contributed by atoms with Gasteiger partial charge in [0.15, 0.2) is 0 Å². The monoisotopic (exact) mass is 376 g/mol. The highest BCUT2D eigenvalue weighted by Crippen LogP contribution is 2.28. The molecule has 1 aromatic rings. The first kappa shape index (κ1) is 19.9. The minimum Gasteiger partial charge on any atom is -0.433 e. The standard InChI is InChI=1S/C17H17F5N2O2/c1-2-16(18,19)26-14-7-3-11(4-8-14)15(25)24-10-13-6-5-12(9-23-13)17(20,21)22/h3,5-9,11H,2,4,10H2,1H3,(H,24,25). The van der Waals surface area contributed by atoms with Crippen molar-refractivity contribution in [1.29, 1.82) is 0 Å². The van der Waals surface area contributed by atoms with Crippen molar-refractivity contribution in [1.82, 2.24) is 10.3 Å². The van der Waals surface area contributed by atoms with Gasteiger partial charge >= 0.3 is 12.3 Å². The van der Waals surface area contributed by atoms with Crippen molar-refractivity contribution in [3.05, 3.63) is 53.6 Å². The maximum atomic E-state index is 13.2. The van der Waals surface area contributed by atoms with E-state index in [4.69, 9.17) is 0 Å². The summed E-state index contributed by atoms with van der Waals surface area (Å²) in [6.45, 7) is 1.25. The molecule has 0 aromatic carbocycles. The van der Waals surface area contributed by atoms with Gasteiger partial charge in [0.05, 0.1) is 23.7 Å². The summed E-state index contributed by atoms with van der Waals surface area (Å²) in [7, 11) is 0. The molecule has 0 saturated carbocycles. The minimum absolute atomic E-state index is 0.00898. The van der Waals surface area contributed by atoms with Gasteiger partial charge in [-0.1, -0.05) is 13.0 Å². The van der Waals surface area contributed by atoms with Crippen molar-refractivity contribution >= 4 is 5.91 Å². The molecule has 9 heteroatoms.